The van der Waals surface area contributed by atoms with Gasteiger partial charge >= 0.3 is 0 Å². The molecular formula is C12H12BrN5S. The number of aromatic nitrogens is 4. The first-order chi connectivity index (χ1) is 9.13. The molecule has 3 rings (SSSR count). The highest BCUT2D eigenvalue weighted by atomic mass is 79.9. The van der Waals surface area contributed by atoms with Gasteiger partial charge in [-0.2, -0.15) is 0 Å². The van der Waals surface area contributed by atoms with E-state index in [9.17, 15) is 0 Å². The van der Waals surface area contributed by atoms with E-state index < -0.39 is 0 Å². The van der Waals surface area contributed by atoms with Crippen LogP contribution in [-0.4, -0.2) is 25.6 Å². The molecule has 0 aromatic carbocycles. The van der Waals surface area contributed by atoms with Crippen molar-refractivity contribution >= 4 is 38.0 Å². The SMILES string of the molecule is CC(C)Nc1ncc(-c2cc(Br)c3nncn3c2)s1. The largest absolute Gasteiger partial charge is 0.359 e. The van der Waals surface area contributed by atoms with Gasteiger partial charge in [-0.15, -0.1) is 10.2 Å². The first-order valence-corrected chi connectivity index (χ1v) is 7.46. The van der Waals surface area contributed by atoms with Gasteiger partial charge < -0.3 is 5.32 Å². The van der Waals surface area contributed by atoms with E-state index in [1.165, 1.54) is 0 Å². The summed E-state index contributed by atoms with van der Waals surface area (Å²) >= 11 is 5.15. The van der Waals surface area contributed by atoms with E-state index in [4.69, 9.17) is 0 Å². The van der Waals surface area contributed by atoms with E-state index in [-0.39, 0.29) is 0 Å². The van der Waals surface area contributed by atoms with Gasteiger partial charge in [0.25, 0.3) is 0 Å². The zero-order chi connectivity index (χ0) is 13.4. The Morgan fingerprint density at radius 3 is 3.05 bits per heavy atom. The highest BCUT2D eigenvalue weighted by Crippen LogP contribution is 2.31. The number of pyridine rings is 1. The zero-order valence-corrected chi connectivity index (χ0v) is 12.9. The summed E-state index contributed by atoms with van der Waals surface area (Å²) in [5.41, 5.74) is 1.90. The van der Waals surface area contributed by atoms with Crippen LogP contribution in [0.2, 0.25) is 0 Å². The van der Waals surface area contributed by atoms with E-state index in [0.717, 1.165) is 25.7 Å². The minimum absolute atomic E-state index is 0.381. The molecule has 3 aromatic rings. The van der Waals surface area contributed by atoms with Crippen LogP contribution in [0.3, 0.4) is 0 Å². The van der Waals surface area contributed by atoms with Crippen LogP contribution in [0.5, 0.6) is 0 Å². The van der Waals surface area contributed by atoms with Crippen LogP contribution in [0.25, 0.3) is 16.1 Å². The molecule has 0 aliphatic rings. The summed E-state index contributed by atoms with van der Waals surface area (Å²) in [6.45, 7) is 4.20. The van der Waals surface area contributed by atoms with E-state index in [0.29, 0.717) is 6.04 Å². The van der Waals surface area contributed by atoms with Gasteiger partial charge in [0.15, 0.2) is 10.8 Å². The van der Waals surface area contributed by atoms with Crippen molar-refractivity contribution in [3.63, 3.8) is 0 Å². The Kier molecular flexibility index (Phi) is 3.24. The summed E-state index contributed by atoms with van der Waals surface area (Å²) in [6.07, 6.45) is 5.58. The summed E-state index contributed by atoms with van der Waals surface area (Å²) in [5, 5.41) is 12.2. The van der Waals surface area contributed by atoms with Gasteiger partial charge in [-0.3, -0.25) is 4.40 Å². The van der Waals surface area contributed by atoms with Crippen LogP contribution in [0.1, 0.15) is 13.8 Å². The van der Waals surface area contributed by atoms with Gasteiger partial charge in [0.1, 0.15) is 6.33 Å². The van der Waals surface area contributed by atoms with Crippen molar-refractivity contribution in [3.8, 4) is 10.4 Å². The predicted molar refractivity (Wildman–Crippen MR) is 80.6 cm³/mol. The minimum Gasteiger partial charge on any atom is -0.359 e. The Labute approximate surface area is 122 Å². The second-order valence-corrected chi connectivity index (χ2v) is 6.35. The maximum absolute atomic E-state index is 4.38. The molecule has 0 unspecified atom stereocenters. The second-order valence-electron chi connectivity index (χ2n) is 4.47. The normalized spacial score (nSPS) is 11.4. The first-order valence-electron chi connectivity index (χ1n) is 5.85. The van der Waals surface area contributed by atoms with Crippen LogP contribution in [0.4, 0.5) is 5.13 Å². The second kappa shape index (κ2) is 4.90. The third kappa shape index (κ3) is 2.48. The predicted octanol–water partition coefficient (Wildman–Crippen LogP) is 3.44. The van der Waals surface area contributed by atoms with Crippen molar-refractivity contribution in [1.29, 1.82) is 0 Å². The fraction of sp³-hybridized carbons (Fsp3) is 0.250. The molecule has 5 nitrogen and oxygen atoms in total. The van der Waals surface area contributed by atoms with Gasteiger partial charge in [-0.1, -0.05) is 11.3 Å². The van der Waals surface area contributed by atoms with Crippen LogP contribution < -0.4 is 5.32 Å². The van der Waals surface area contributed by atoms with Crippen molar-refractivity contribution < 1.29 is 0 Å². The van der Waals surface area contributed by atoms with E-state index in [1.807, 2.05) is 22.9 Å². The number of fused-ring (bicyclic) bond motifs is 1. The molecule has 1 N–H and O–H groups in total. The molecule has 0 radical (unpaired) electrons. The van der Waals surface area contributed by atoms with Gasteiger partial charge in [0.2, 0.25) is 0 Å². The molecule has 0 spiro atoms. The topological polar surface area (TPSA) is 55.1 Å². The van der Waals surface area contributed by atoms with E-state index in [1.54, 1.807) is 17.7 Å². The smallest absolute Gasteiger partial charge is 0.183 e. The monoisotopic (exact) mass is 337 g/mol. The van der Waals surface area contributed by atoms with Crippen molar-refractivity contribution in [1.82, 2.24) is 19.6 Å². The molecule has 0 aliphatic heterocycles. The van der Waals surface area contributed by atoms with Crippen LogP contribution in [-0.2, 0) is 0 Å². The molecule has 7 heteroatoms. The molecule has 0 bridgehead atoms. The summed E-state index contributed by atoms with van der Waals surface area (Å²) in [5.74, 6) is 0. The molecule has 0 fully saturated rings. The maximum Gasteiger partial charge on any atom is 0.183 e. The number of hydrogen-bond acceptors (Lipinski definition) is 5. The Hall–Kier alpha value is -1.47. The van der Waals surface area contributed by atoms with Gasteiger partial charge in [-0.05, 0) is 35.8 Å². The average Bonchev–Trinajstić information content (AvgIpc) is 2.96. The lowest BCUT2D eigenvalue weighted by Gasteiger charge is -2.04. The third-order valence-electron chi connectivity index (χ3n) is 2.55. The molecule has 0 saturated heterocycles. The standard InChI is InChI=1S/C12H12BrN5S/c1-7(2)16-12-14-4-10(19-12)8-3-9(13)11-17-15-6-18(11)5-8/h3-7H,1-2H3,(H,14,16). The molecule has 3 heterocycles. The fourth-order valence-corrected chi connectivity index (χ4v) is 3.23. The van der Waals surface area contributed by atoms with Gasteiger partial charge in [0, 0.05) is 24.0 Å². The Balaban J connectivity index is 2.01. The number of rotatable bonds is 3. The number of hydrogen-bond donors (Lipinski definition) is 1. The molecule has 98 valence electrons. The summed E-state index contributed by atoms with van der Waals surface area (Å²) in [7, 11) is 0. The maximum atomic E-state index is 4.38. The minimum atomic E-state index is 0.381. The lowest BCUT2D eigenvalue weighted by atomic mass is 10.2. The molecular weight excluding hydrogens is 326 g/mol. The molecule has 0 atom stereocenters. The van der Waals surface area contributed by atoms with Crippen molar-refractivity contribution in [2.75, 3.05) is 5.32 Å². The summed E-state index contributed by atoms with van der Waals surface area (Å²) in [4.78, 5) is 5.49. The number of nitrogens with zero attached hydrogens (tertiary/aromatic N) is 4. The average molecular weight is 338 g/mol. The molecule has 0 aliphatic carbocycles. The first kappa shape index (κ1) is 12.6. The quantitative estimate of drug-likeness (QED) is 0.795. The van der Waals surface area contributed by atoms with E-state index in [2.05, 4.69) is 50.3 Å². The molecule has 3 aromatic heterocycles. The van der Waals surface area contributed by atoms with Gasteiger partial charge in [0.05, 0.1) is 9.35 Å². The highest BCUT2D eigenvalue weighted by molar-refractivity contribution is 9.10. The lowest BCUT2D eigenvalue weighted by Crippen LogP contribution is -2.08. The Morgan fingerprint density at radius 1 is 1.42 bits per heavy atom. The van der Waals surface area contributed by atoms with Crippen molar-refractivity contribution in [2.45, 2.75) is 19.9 Å². The van der Waals surface area contributed by atoms with Crippen LogP contribution in [0.15, 0.2) is 29.3 Å². The molecule has 0 saturated carbocycles. The van der Waals surface area contributed by atoms with Crippen LogP contribution >= 0.6 is 27.3 Å². The number of nitrogens with one attached hydrogen (secondary N) is 1. The summed E-state index contributed by atoms with van der Waals surface area (Å²) < 4.78 is 2.82. The Morgan fingerprint density at radius 2 is 2.26 bits per heavy atom. The number of anilines is 1. The summed E-state index contributed by atoms with van der Waals surface area (Å²) in [6, 6.07) is 2.42. The molecule has 19 heavy (non-hydrogen) atoms. The lowest BCUT2D eigenvalue weighted by molar-refractivity contribution is 0.896. The highest BCUT2D eigenvalue weighted by Gasteiger charge is 2.09. The van der Waals surface area contributed by atoms with Crippen molar-refractivity contribution in [2.24, 2.45) is 0 Å². The van der Waals surface area contributed by atoms with E-state index >= 15 is 0 Å². The molecule has 0 amide bonds. The Bertz CT molecular complexity index is 718. The number of thiazole rings is 1. The number of halogens is 1. The van der Waals surface area contributed by atoms with Gasteiger partial charge in [-0.25, -0.2) is 4.98 Å². The fourth-order valence-electron chi connectivity index (χ4n) is 1.75. The third-order valence-corrected chi connectivity index (χ3v) is 4.11. The van der Waals surface area contributed by atoms with Crippen molar-refractivity contribution in [3.05, 3.63) is 29.3 Å². The van der Waals surface area contributed by atoms with Crippen LogP contribution in [0, 0.1) is 0 Å². The zero-order valence-electron chi connectivity index (χ0n) is 10.5.